The Labute approximate surface area is 171 Å². The van der Waals surface area contributed by atoms with Gasteiger partial charge in [0.2, 0.25) is 11.7 Å². The number of anilines is 2. The number of halogens is 1. The quantitative estimate of drug-likeness (QED) is 0.499. The second kappa shape index (κ2) is 7.82. The van der Waals surface area contributed by atoms with Crippen LogP contribution >= 0.6 is 0 Å². The lowest BCUT2D eigenvalue weighted by atomic mass is 10.0. The number of carbonyl (C=O) groups excluding carboxylic acids is 1. The minimum absolute atomic E-state index is 0.0453. The van der Waals surface area contributed by atoms with E-state index in [1.54, 1.807) is 29.1 Å². The molecule has 0 fully saturated rings. The van der Waals surface area contributed by atoms with Gasteiger partial charge in [-0.15, -0.1) is 0 Å². The van der Waals surface area contributed by atoms with E-state index in [0.29, 0.717) is 40.4 Å². The van der Waals surface area contributed by atoms with Gasteiger partial charge in [-0.25, -0.2) is 9.37 Å². The van der Waals surface area contributed by atoms with Gasteiger partial charge in [0, 0.05) is 29.3 Å². The number of rotatable bonds is 5. The first-order valence-electron chi connectivity index (χ1n) is 9.48. The number of hydrogen-bond acceptors (Lipinski definition) is 4. The molecule has 3 N–H and O–H groups in total. The summed E-state index contributed by atoms with van der Waals surface area (Å²) < 4.78 is 16.0. The molecule has 0 aliphatic carbocycles. The summed E-state index contributed by atoms with van der Waals surface area (Å²) in [5.74, 6) is -0.331. The minimum Gasteiger partial charge on any atom is -0.398 e. The van der Waals surface area contributed by atoms with Crippen molar-refractivity contribution in [3.63, 3.8) is 0 Å². The molecule has 8 heteroatoms. The fourth-order valence-electron chi connectivity index (χ4n) is 3.38. The number of nitrogen functional groups attached to an aromatic ring is 1. The number of nitrogens with two attached hydrogens (primary N) is 1. The van der Waals surface area contributed by atoms with Crippen molar-refractivity contribution in [2.24, 2.45) is 0 Å². The summed E-state index contributed by atoms with van der Waals surface area (Å²) in [5, 5.41) is 2.70. The first-order chi connectivity index (χ1) is 14.5. The SMILES string of the molecule is CCc1nc2n(CC(=O)Nc3ccc(F)cc3)ccn2c(=O)c1-c1ccccc1N. The van der Waals surface area contributed by atoms with E-state index >= 15 is 0 Å². The minimum atomic E-state index is -0.380. The lowest BCUT2D eigenvalue weighted by molar-refractivity contribution is -0.116. The number of fused-ring (bicyclic) bond motifs is 1. The van der Waals surface area contributed by atoms with Crippen LogP contribution in [0.1, 0.15) is 12.6 Å². The van der Waals surface area contributed by atoms with Gasteiger partial charge in [-0.05, 0) is 36.8 Å². The highest BCUT2D eigenvalue weighted by Crippen LogP contribution is 2.25. The number of carbonyl (C=O) groups is 1. The Morgan fingerprint density at radius 2 is 1.87 bits per heavy atom. The highest BCUT2D eigenvalue weighted by atomic mass is 19.1. The molecule has 4 aromatic rings. The summed E-state index contributed by atoms with van der Waals surface area (Å²) in [4.78, 5) is 30.3. The number of para-hydroxylation sites is 1. The Morgan fingerprint density at radius 3 is 2.57 bits per heavy atom. The zero-order valence-electron chi connectivity index (χ0n) is 16.3. The van der Waals surface area contributed by atoms with E-state index in [1.807, 2.05) is 19.1 Å². The molecule has 7 nitrogen and oxygen atoms in total. The molecule has 1 amide bonds. The van der Waals surface area contributed by atoms with Gasteiger partial charge in [0.25, 0.3) is 5.56 Å². The van der Waals surface area contributed by atoms with Gasteiger partial charge in [0.1, 0.15) is 12.4 Å². The standard InChI is InChI=1S/C22H20FN5O2/c1-2-18-20(16-5-3-4-6-17(16)24)21(30)28-12-11-27(22(28)26-18)13-19(29)25-15-9-7-14(23)8-10-15/h3-12H,2,13,24H2,1H3,(H,25,29). The van der Waals surface area contributed by atoms with Crippen LogP contribution in [0.4, 0.5) is 15.8 Å². The van der Waals surface area contributed by atoms with Gasteiger partial charge in [-0.1, -0.05) is 25.1 Å². The van der Waals surface area contributed by atoms with Gasteiger partial charge in [0.05, 0.1) is 11.3 Å². The molecule has 2 aromatic carbocycles. The van der Waals surface area contributed by atoms with Crippen molar-refractivity contribution >= 4 is 23.1 Å². The van der Waals surface area contributed by atoms with Gasteiger partial charge >= 0.3 is 0 Å². The molecule has 0 bridgehead atoms. The van der Waals surface area contributed by atoms with E-state index in [2.05, 4.69) is 10.3 Å². The number of aromatic nitrogens is 3. The number of nitrogens with zero attached hydrogens (tertiary/aromatic N) is 3. The molecule has 30 heavy (non-hydrogen) atoms. The molecule has 0 spiro atoms. The van der Waals surface area contributed by atoms with E-state index in [1.165, 1.54) is 28.7 Å². The third-order valence-electron chi connectivity index (χ3n) is 4.83. The van der Waals surface area contributed by atoms with Gasteiger partial charge in [-0.3, -0.25) is 14.0 Å². The molecular formula is C22H20FN5O2. The average molecular weight is 405 g/mol. The monoisotopic (exact) mass is 405 g/mol. The van der Waals surface area contributed by atoms with Crippen LogP contribution in [0.15, 0.2) is 65.7 Å². The smallest absolute Gasteiger partial charge is 0.267 e. The highest BCUT2D eigenvalue weighted by Gasteiger charge is 2.18. The number of aryl methyl sites for hydroxylation is 1. The number of imidazole rings is 1. The number of hydrogen-bond donors (Lipinski definition) is 2. The van der Waals surface area contributed by atoms with Crippen LogP contribution in [0.3, 0.4) is 0 Å². The second-order valence-corrected chi connectivity index (χ2v) is 6.83. The molecule has 152 valence electrons. The van der Waals surface area contributed by atoms with E-state index in [-0.39, 0.29) is 23.8 Å². The third kappa shape index (κ3) is 3.55. The van der Waals surface area contributed by atoms with Crippen molar-refractivity contribution in [2.45, 2.75) is 19.9 Å². The Hall–Kier alpha value is -3.94. The fraction of sp³-hybridized carbons (Fsp3) is 0.136. The third-order valence-corrected chi connectivity index (χ3v) is 4.83. The van der Waals surface area contributed by atoms with E-state index in [0.717, 1.165) is 0 Å². The van der Waals surface area contributed by atoms with Crippen molar-refractivity contribution in [1.82, 2.24) is 14.0 Å². The normalized spacial score (nSPS) is 11.0. The predicted octanol–water partition coefficient (Wildman–Crippen LogP) is 3.09. The van der Waals surface area contributed by atoms with Gasteiger partial charge in [-0.2, -0.15) is 0 Å². The molecule has 0 saturated carbocycles. The number of nitrogens with one attached hydrogen (secondary N) is 1. The summed E-state index contributed by atoms with van der Waals surface area (Å²) >= 11 is 0. The zero-order valence-corrected chi connectivity index (χ0v) is 16.3. The largest absolute Gasteiger partial charge is 0.398 e. The summed E-state index contributed by atoms with van der Waals surface area (Å²) in [7, 11) is 0. The molecule has 0 aliphatic heterocycles. The summed E-state index contributed by atoms with van der Waals surface area (Å²) in [6.45, 7) is 1.87. The van der Waals surface area contributed by atoms with Crippen molar-refractivity contribution in [3.05, 3.63) is 82.8 Å². The van der Waals surface area contributed by atoms with Crippen molar-refractivity contribution in [1.29, 1.82) is 0 Å². The highest BCUT2D eigenvalue weighted by molar-refractivity contribution is 5.90. The average Bonchev–Trinajstić information content (AvgIpc) is 3.13. The van der Waals surface area contributed by atoms with Crippen LogP contribution in [0.25, 0.3) is 16.9 Å². The Bertz CT molecular complexity index is 1290. The van der Waals surface area contributed by atoms with Crippen LogP contribution in [-0.2, 0) is 17.8 Å². The molecule has 0 unspecified atom stereocenters. The molecule has 0 aliphatic rings. The molecular weight excluding hydrogens is 385 g/mol. The lowest BCUT2D eigenvalue weighted by Gasteiger charge is -2.11. The Kier molecular flexibility index (Phi) is 5.05. The topological polar surface area (TPSA) is 94.4 Å². The van der Waals surface area contributed by atoms with Crippen LogP contribution in [-0.4, -0.2) is 19.9 Å². The van der Waals surface area contributed by atoms with Gasteiger partial charge in [0.15, 0.2) is 0 Å². The summed E-state index contributed by atoms with van der Waals surface area (Å²) in [6.07, 6.45) is 3.74. The van der Waals surface area contributed by atoms with Crippen molar-refractivity contribution in [2.75, 3.05) is 11.1 Å². The van der Waals surface area contributed by atoms with Crippen LogP contribution in [0.5, 0.6) is 0 Å². The van der Waals surface area contributed by atoms with E-state index < -0.39 is 0 Å². The molecule has 0 atom stereocenters. The molecule has 2 heterocycles. The van der Waals surface area contributed by atoms with E-state index in [9.17, 15) is 14.0 Å². The fourth-order valence-corrected chi connectivity index (χ4v) is 3.38. The molecule has 4 rings (SSSR count). The van der Waals surface area contributed by atoms with E-state index in [4.69, 9.17) is 5.73 Å². The predicted molar refractivity (Wildman–Crippen MR) is 114 cm³/mol. The summed E-state index contributed by atoms with van der Waals surface area (Å²) in [5.41, 5.74) is 8.54. The zero-order chi connectivity index (χ0) is 21.3. The van der Waals surface area contributed by atoms with Crippen molar-refractivity contribution < 1.29 is 9.18 Å². The molecule has 0 saturated heterocycles. The lowest BCUT2D eigenvalue weighted by Crippen LogP contribution is -2.22. The summed E-state index contributed by atoms with van der Waals surface area (Å²) in [6, 6.07) is 12.7. The van der Waals surface area contributed by atoms with Gasteiger partial charge < -0.3 is 15.6 Å². The Balaban J connectivity index is 1.71. The van der Waals surface area contributed by atoms with Crippen LogP contribution in [0.2, 0.25) is 0 Å². The maximum absolute atomic E-state index is 13.2. The Morgan fingerprint density at radius 1 is 1.13 bits per heavy atom. The first kappa shape index (κ1) is 19.4. The molecule has 2 aromatic heterocycles. The first-order valence-corrected chi connectivity index (χ1v) is 9.48. The van der Waals surface area contributed by atoms with Crippen molar-refractivity contribution in [3.8, 4) is 11.1 Å². The number of amides is 1. The second-order valence-electron chi connectivity index (χ2n) is 6.83. The van der Waals surface area contributed by atoms with Crippen LogP contribution in [0, 0.1) is 5.82 Å². The molecule has 0 radical (unpaired) electrons. The number of benzene rings is 2. The van der Waals surface area contributed by atoms with Crippen LogP contribution < -0.4 is 16.6 Å². The maximum atomic E-state index is 13.2. The maximum Gasteiger partial charge on any atom is 0.267 e.